The van der Waals surface area contributed by atoms with Crippen LogP contribution in [0.4, 0.5) is 0 Å². The lowest BCUT2D eigenvalue weighted by Crippen LogP contribution is -2.37. The van der Waals surface area contributed by atoms with Gasteiger partial charge in [0.2, 0.25) is 5.91 Å². The van der Waals surface area contributed by atoms with Gasteiger partial charge in [0.25, 0.3) is 0 Å². The minimum atomic E-state index is -0.736. The van der Waals surface area contributed by atoms with Gasteiger partial charge < -0.3 is 15.2 Å². The molecule has 1 fully saturated rings. The predicted octanol–water partition coefficient (Wildman–Crippen LogP) is 3.16. The van der Waals surface area contributed by atoms with Crippen LogP contribution in [0.15, 0.2) is 24.3 Å². The maximum Gasteiger partial charge on any atom is 0.306 e. The van der Waals surface area contributed by atoms with Crippen molar-refractivity contribution in [3.63, 3.8) is 0 Å². The number of carbonyl (C=O) groups excluding carboxylic acids is 1. The average molecular weight is 333 g/mol. The number of hydrogen-bond acceptors (Lipinski definition) is 3. The standard InChI is InChI=1S/C19H27NO4/c1-14-8-10-16(11-9-14)24-12-4-7-18(21)20-13-15-5-2-3-6-17(15)19(22)23/h8-11,15,17H,2-7,12-13H2,1H3,(H,20,21)(H,22,23)/t15-,17-/m0/s1. The molecular formula is C19H27NO4. The summed E-state index contributed by atoms with van der Waals surface area (Å²) in [4.78, 5) is 23.2. The summed E-state index contributed by atoms with van der Waals surface area (Å²) in [7, 11) is 0. The minimum Gasteiger partial charge on any atom is -0.494 e. The zero-order valence-electron chi connectivity index (χ0n) is 14.3. The van der Waals surface area contributed by atoms with E-state index in [2.05, 4.69) is 5.32 Å². The smallest absolute Gasteiger partial charge is 0.306 e. The first-order chi connectivity index (χ1) is 11.6. The first kappa shape index (κ1) is 18.3. The average Bonchev–Trinajstić information content (AvgIpc) is 2.58. The second-order valence-corrected chi connectivity index (χ2v) is 6.56. The molecule has 0 heterocycles. The Bertz CT molecular complexity index is 541. The van der Waals surface area contributed by atoms with E-state index >= 15 is 0 Å². The molecule has 0 spiro atoms. The van der Waals surface area contributed by atoms with Gasteiger partial charge in [0.05, 0.1) is 12.5 Å². The molecular weight excluding hydrogens is 306 g/mol. The van der Waals surface area contributed by atoms with Gasteiger partial charge in [0, 0.05) is 13.0 Å². The molecule has 132 valence electrons. The molecule has 2 atom stereocenters. The van der Waals surface area contributed by atoms with Gasteiger partial charge in [-0.15, -0.1) is 0 Å². The first-order valence-electron chi connectivity index (χ1n) is 8.75. The monoisotopic (exact) mass is 333 g/mol. The minimum absolute atomic E-state index is 0.0304. The van der Waals surface area contributed by atoms with Crippen molar-refractivity contribution in [2.45, 2.75) is 45.4 Å². The molecule has 2 rings (SSSR count). The molecule has 5 nitrogen and oxygen atoms in total. The molecule has 0 bridgehead atoms. The summed E-state index contributed by atoms with van der Waals surface area (Å²) in [5.41, 5.74) is 1.18. The molecule has 24 heavy (non-hydrogen) atoms. The van der Waals surface area contributed by atoms with Crippen LogP contribution in [0.25, 0.3) is 0 Å². The Morgan fingerprint density at radius 3 is 2.62 bits per heavy atom. The number of benzene rings is 1. The van der Waals surface area contributed by atoms with Crippen molar-refractivity contribution >= 4 is 11.9 Å². The molecule has 1 saturated carbocycles. The Balaban J connectivity index is 1.62. The highest BCUT2D eigenvalue weighted by Gasteiger charge is 2.30. The molecule has 0 saturated heterocycles. The van der Waals surface area contributed by atoms with Crippen LogP contribution in [0.2, 0.25) is 0 Å². The maximum absolute atomic E-state index is 11.9. The Labute approximate surface area is 143 Å². The van der Waals surface area contributed by atoms with E-state index in [-0.39, 0.29) is 17.7 Å². The van der Waals surface area contributed by atoms with Gasteiger partial charge in [0.1, 0.15) is 5.75 Å². The fourth-order valence-corrected chi connectivity index (χ4v) is 3.17. The summed E-state index contributed by atoms with van der Waals surface area (Å²) in [6, 6.07) is 7.82. The van der Waals surface area contributed by atoms with Crippen molar-refractivity contribution in [3.05, 3.63) is 29.8 Å². The van der Waals surface area contributed by atoms with E-state index in [9.17, 15) is 14.7 Å². The maximum atomic E-state index is 11.9. The zero-order chi connectivity index (χ0) is 17.4. The summed E-state index contributed by atoms with van der Waals surface area (Å²) in [5.74, 6) is -0.210. The highest BCUT2D eigenvalue weighted by atomic mass is 16.5. The summed E-state index contributed by atoms with van der Waals surface area (Å²) in [6.45, 7) is 2.99. The van der Waals surface area contributed by atoms with E-state index in [1.54, 1.807) is 0 Å². The van der Waals surface area contributed by atoms with Gasteiger partial charge in [-0.25, -0.2) is 0 Å². The Kier molecular flexibility index (Phi) is 7.09. The van der Waals surface area contributed by atoms with Crippen LogP contribution >= 0.6 is 0 Å². The number of ether oxygens (including phenoxy) is 1. The SMILES string of the molecule is Cc1ccc(OCCCC(=O)NC[C@@H]2CCCC[C@@H]2C(=O)O)cc1. The van der Waals surface area contributed by atoms with Gasteiger partial charge in [-0.05, 0) is 44.2 Å². The second kappa shape index (κ2) is 9.30. The lowest BCUT2D eigenvalue weighted by molar-refractivity contribution is -0.145. The normalized spacial score (nSPS) is 20.4. The number of aliphatic carboxylic acids is 1. The number of aryl methyl sites for hydroxylation is 1. The predicted molar refractivity (Wildman–Crippen MR) is 92.0 cm³/mol. The zero-order valence-corrected chi connectivity index (χ0v) is 14.3. The van der Waals surface area contributed by atoms with Crippen molar-refractivity contribution in [1.82, 2.24) is 5.32 Å². The summed E-state index contributed by atoms with van der Waals surface area (Å²) in [6.07, 6.45) is 4.67. The molecule has 5 heteroatoms. The molecule has 0 radical (unpaired) electrons. The number of hydrogen-bond donors (Lipinski definition) is 2. The summed E-state index contributed by atoms with van der Waals surface area (Å²) >= 11 is 0. The van der Waals surface area contributed by atoms with E-state index in [0.29, 0.717) is 26.0 Å². The van der Waals surface area contributed by atoms with Crippen LogP contribution in [0, 0.1) is 18.8 Å². The summed E-state index contributed by atoms with van der Waals surface area (Å²) in [5, 5.41) is 12.1. The van der Waals surface area contributed by atoms with Crippen LogP contribution in [-0.4, -0.2) is 30.1 Å². The Hall–Kier alpha value is -2.04. The van der Waals surface area contributed by atoms with Crippen LogP contribution in [-0.2, 0) is 9.59 Å². The fourth-order valence-electron chi connectivity index (χ4n) is 3.17. The van der Waals surface area contributed by atoms with Gasteiger partial charge in [-0.1, -0.05) is 30.5 Å². The number of nitrogens with one attached hydrogen (secondary N) is 1. The Morgan fingerprint density at radius 2 is 1.92 bits per heavy atom. The first-order valence-corrected chi connectivity index (χ1v) is 8.75. The van der Waals surface area contributed by atoms with E-state index in [1.807, 2.05) is 31.2 Å². The third kappa shape index (κ3) is 5.87. The number of carbonyl (C=O) groups is 2. The second-order valence-electron chi connectivity index (χ2n) is 6.56. The quantitative estimate of drug-likeness (QED) is 0.717. The van der Waals surface area contributed by atoms with Crippen molar-refractivity contribution in [2.75, 3.05) is 13.2 Å². The van der Waals surface area contributed by atoms with E-state index in [0.717, 1.165) is 31.4 Å². The van der Waals surface area contributed by atoms with Crippen molar-refractivity contribution in [3.8, 4) is 5.75 Å². The van der Waals surface area contributed by atoms with E-state index in [1.165, 1.54) is 5.56 Å². The molecule has 2 N–H and O–H groups in total. The molecule has 0 aliphatic heterocycles. The van der Waals surface area contributed by atoms with Gasteiger partial charge in [-0.2, -0.15) is 0 Å². The molecule has 1 amide bonds. The molecule has 1 aliphatic rings. The number of amides is 1. The number of carboxylic acids is 1. The highest BCUT2D eigenvalue weighted by Crippen LogP contribution is 2.29. The largest absolute Gasteiger partial charge is 0.494 e. The topological polar surface area (TPSA) is 75.6 Å². The Morgan fingerprint density at radius 1 is 1.21 bits per heavy atom. The van der Waals surface area contributed by atoms with Crippen molar-refractivity contribution in [2.24, 2.45) is 11.8 Å². The third-order valence-corrected chi connectivity index (χ3v) is 4.63. The van der Waals surface area contributed by atoms with Crippen molar-refractivity contribution < 1.29 is 19.4 Å². The van der Waals surface area contributed by atoms with Crippen LogP contribution in [0.1, 0.15) is 44.1 Å². The number of carboxylic acid groups (broad SMARTS) is 1. The molecule has 0 aromatic heterocycles. The summed E-state index contributed by atoms with van der Waals surface area (Å²) < 4.78 is 5.60. The number of rotatable bonds is 8. The lowest BCUT2D eigenvalue weighted by atomic mass is 9.79. The molecule has 1 aromatic rings. The fraction of sp³-hybridized carbons (Fsp3) is 0.579. The van der Waals surface area contributed by atoms with E-state index in [4.69, 9.17) is 4.74 Å². The van der Waals surface area contributed by atoms with Crippen LogP contribution < -0.4 is 10.1 Å². The van der Waals surface area contributed by atoms with Crippen molar-refractivity contribution in [1.29, 1.82) is 0 Å². The van der Waals surface area contributed by atoms with Crippen LogP contribution in [0.5, 0.6) is 5.75 Å². The van der Waals surface area contributed by atoms with Crippen LogP contribution in [0.3, 0.4) is 0 Å². The van der Waals surface area contributed by atoms with Gasteiger partial charge >= 0.3 is 5.97 Å². The van der Waals surface area contributed by atoms with Gasteiger partial charge in [0.15, 0.2) is 0 Å². The van der Waals surface area contributed by atoms with E-state index < -0.39 is 5.97 Å². The molecule has 1 aliphatic carbocycles. The van der Waals surface area contributed by atoms with Gasteiger partial charge in [-0.3, -0.25) is 9.59 Å². The molecule has 1 aromatic carbocycles. The lowest BCUT2D eigenvalue weighted by Gasteiger charge is -2.28. The molecule has 0 unspecified atom stereocenters. The highest BCUT2D eigenvalue weighted by molar-refractivity contribution is 5.76. The third-order valence-electron chi connectivity index (χ3n) is 4.63.